The Morgan fingerprint density at radius 1 is 1.00 bits per heavy atom. The largest absolute Gasteiger partial charge is 0.396 e. The number of benzene rings is 2. The van der Waals surface area contributed by atoms with Crippen molar-refractivity contribution in [1.82, 2.24) is 25.0 Å². The van der Waals surface area contributed by atoms with Crippen LogP contribution >= 0.6 is 11.8 Å². The second-order valence-electron chi connectivity index (χ2n) is 10.2. The minimum absolute atomic E-state index is 0.199. The van der Waals surface area contributed by atoms with E-state index in [1.807, 2.05) is 6.07 Å². The van der Waals surface area contributed by atoms with Gasteiger partial charge in [-0.25, -0.2) is 14.6 Å². The maximum absolute atomic E-state index is 10.7. The molecule has 2 aromatic heterocycles. The zero-order valence-electron chi connectivity index (χ0n) is 21.2. The van der Waals surface area contributed by atoms with Crippen molar-refractivity contribution in [3.05, 3.63) is 60.2 Å². The minimum Gasteiger partial charge on any atom is -0.396 e. The fourth-order valence-electron chi connectivity index (χ4n) is 5.39. The van der Waals surface area contributed by atoms with Crippen LogP contribution in [0.2, 0.25) is 0 Å². The van der Waals surface area contributed by atoms with Crippen molar-refractivity contribution in [2.75, 3.05) is 17.7 Å². The van der Waals surface area contributed by atoms with E-state index in [2.05, 4.69) is 71.1 Å². The van der Waals surface area contributed by atoms with Crippen molar-refractivity contribution < 1.29 is 15.3 Å². The summed E-state index contributed by atoms with van der Waals surface area (Å²) in [5.74, 6) is 1.46. The summed E-state index contributed by atoms with van der Waals surface area (Å²) in [5, 5.41) is 43.6. The van der Waals surface area contributed by atoms with Gasteiger partial charge in [0.25, 0.3) is 0 Å². The third-order valence-corrected chi connectivity index (χ3v) is 8.65. The molecule has 4 N–H and O–H groups in total. The van der Waals surface area contributed by atoms with Crippen LogP contribution in [-0.2, 0) is 0 Å². The Hall–Kier alpha value is -3.05. The van der Waals surface area contributed by atoms with Gasteiger partial charge in [-0.1, -0.05) is 78.5 Å². The first-order valence-corrected chi connectivity index (χ1v) is 14.2. The smallest absolute Gasteiger partial charge is 0.191 e. The molecule has 38 heavy (non-hydrogen) atoms. The van der Waals surface area contributed by atoms with Gasteiger partial charge in [-0.2, -0.15) is 0 Å². The van der Waals surface area contributed by atoms with Crippen molar-refractivity contribution in [3.8, 4) is 11.1 Å². The van der Waals surface area contributed by atoms with E-state index in [9.17, 15) is 15.3 Å². The van der Waals surface area contributed by atoms with Crippen molar-refractivity contribution in [2.24, 2.45) is 5.92 Å². The Balaban J connectivity index is 1.28. The van der Waals surface area contributed by atoms with Crippen molar-refractivity contribution in [3.63, 3.8) is 0 Å². The summed E-state index contributed by atoms with van der Waals surface area (Å²) in [7, 11) is 0. The highest BCUT2D eigenvalue weighted by Crippen LogP contribution is 2.44. The Bertz CT molecular complexity index is 1420. The average Bonchev–Trinajstić information content (AvgIpc) is 3.50. The molecule has 0 spiro atoms. The van der Waals surface area contributed by atoms with Crippen LogP contribution in [0.4, 0.5) is 5.82 Å². The van der Waals surface area contributed by atoms with Crippen LogP contribution in [0.25, 0.3) is 22.3 Å². The molecule has 6 rings (SSSR count). The topological polar surface area (TPSA) is 129 Å². The average molecular weight is 533 g/mol. The molecular weight excluding hydrogens is 500 g/mol. The van der Waals surface area contributed by atoms with E-state index >= 15 is 0 Å². The summed E-state index contributed by atoms with van der Waals surface area (Å²) in [6.07, 6.45) is 0.294. The molecule has 10 heteroatoms. The molecule has 2 fully saturated rings. The summed E-state index contributed by atoms with van der Waals surface area (Å²) >= 11 is 1.57. The van der Waals surface area contributed by atoms with Gasteiger partial charge >= 0.3 is 0 Å². The van der Waals surface area contributed by atoms with Gasteiger partial charge in [-0.05, 0) is 36.0 Å². The number of aliphatic hydroxyl groups is 3. The lowest BCUT2D eigenvalue weighted by Gasteiger charge is -2.17. The quantitative estimate of drug-likeness (QED) is 0.189. The Kier molecular flexibility index (Phi) is 7.05. The fraction of sp³-hybridized carbons (Fsp3) is 0.429. The monoisotopic (exact) mass is 532 g/mol. The molecule has 2 aromatic carbocycles. The number of nitrogens with zero attached hydrogens (tertiary/aromatic N) is 5. The molecule has 0 aliphatic heterocycles. The zero-order valence-corrected chi connectivity index (χ0v) is 22.0. The van der Waals surface area contributed by atoms with Crippen LogP contribution < -0.4 is 5.32 Å². The first-order chi connectivity index (χ1) is 18.6. The van der Waals surface area contributed by atoms with E-state index < -0.39 is 24.2 Å². The van der Waals surface area contributed by atoms with Crippen LogP contribution in [0.15, 0.2) is 59.8 Å². The van der Waals surface area contributed by atoms with Crippen molar-refractivity contribution in [2.45, 2.75) is 61.6 Å². The van der Waals surface area contributed by atoms with E-state index in [1.165, 1.54) is 16.7 Å². The van der Waals surface area contributed by atoms with Crippen molar-refractivity contribution in [1.29, 1.82) is 0 Å². The first-order valence-electron chi connectivity index (χ1n) is 13.2. The van der Waals surface area contributed by atoms with Crippen molar-refractivity contribution >= 4 is 28.7 Å². The molecule has 2 aliphatic carbocycles. The molecule has 0 amide bonds. The third kappa shape index (κ3) is 4.77. The molecule has 2 saturated carbocycles. The molecule has 4 aromatic rings. The molecule has 2 heterocycles. The second kappa shape index (κ2) is 10.6. The van der Waals surface area contributed by atoms with Crippen LogP contribution in [0.1, 0.15) is 43.7 Å². The molecule has 9 nitrogen and oxygen atoms in total. The predicted octanol–water partition coefficient (Wildman–Crippen LogP) is 3.63. The number of nitrogens with one attached hydrogen (secondary N) is 1. The summed E-state index contributed by atoms with van der Waals surface area (Å²) in [6.45, 7) is 1.91. The van der Waals surface area contributed by atoms with E-state index in [0.717, 1.165) is 18.6 Å². The highest BCUT2D eigenvalue weighted by Gasteiger charge is 2.44. The standard InChI is InChI=1S/C28H32N6O3S/c1-2-11-38-28-30-26(23-27(31-28)34(33-32-23)22-13-19(15-35)24(36)25(22)37)29-21-14-20(21)18-10-6-9-17(12-18)16-7-4-3-5-8-16/h3-10,12,19-22,24-25,35-37H,2,11,13-15H2,1H3,(H,29,30,31). The van der Waals surface area contributed by atoms with Crippen LogP contribution in [0.5, 0.6) is 0 Å². The second-order valence-corrected chi connectivity index (χ2v) is 11.3. The van der Waals surface area contributed by atoms with Gasteiger partial charge in [0.1, 0.15) is 6.10 Å². The first kappa shape index (κ1) is 25.2. The van der Waals surface area contributed by atoms with Gasteiger partial charge in [0, 0.05) is 30.2 Å². The molecule has 6 unspecified atom stereocenters. The van der Waals surface area contributed by atoms with Gasteiger partial charge in [-0.15, -0.1) is 5.10 Å². The lowest BCUT2D eigenvalue weighted by molar-refractivity contribution is -0.00512. The fourth-order valence-corrected chi connectivity index (χ4v) is 6.09. The number of fused-ring (bicyclic) bond motifs is 1. The summed E-state index contributed by atoms with van der Waals surface area (Å²) in [6, 6.07) is 18.8. The van der Waals surface area contributed by atoms with Crippen LogP contribution in [0.3, 0.4) is 0 Å². The molecule has 0 bridgehead atoms. The normalized spacial score (nSPS) is 26.6. The van der Waals surface area contributed by atoms with E-state index in [4.69, 9.17) is 9.97 Å². The molecular formula is C28H32N6O3S. The summed E-state index contributed by atoms with van der Waals surface area (Å²) < 4.78 is 1.59. The number of aliphatic hydroxyl groups excluding tert-OH is 3. The number of thioether (sulfide) groups is 1. The number of rotatable bonds is 9. The Morgan fingerprint density at radius 3 is 2.58 bits per heavy atom. The minimum atomic E-state index is -1.06. The van der Waals surface area contributed by atoms with E-state index in [1.54, 1.807) is 16.4 Å². The predicted molar refractivity (Wildman–Crippen MR) is 147 cm³/mol. The maximum atomic E-state index is 10.7. The molecule has 2 aliphatic rings. The molecule has 6 atom stereocenters. The van der Waals surface area contributed by atoms with E-state index in [0.29, 0.717) is 34.5 Å². The number of hydrogen-bond acceptors (Lipinski definition) is 9. The van der Waals surface area contributed by atoms with E-state index in [-0.39, 0.29) is 12.6 Å². The molecule has 0 radical (unpaired) electrons. The SMILES string of the molecule is CCCSc1nc(NC2CC2c2cccc(-c3ccccc3)c2)c2nnn(C3CC(CO)C(O)C3O)c2n1. The van der Waals surface area contributed by atoms with Gasteiger partial charge in [0.2, 0.25) is 0 Å². The third-order valence-electron chi connectivity index (χ3n) is 7.59. The highest BCUT2D eigenvalue weighted by molar-refractivity contribution is 7.99. The van der Waals surface area contributed by atoms with Crippen LogP contribution in [-0.4, -0.2) is 70.9 Å². The zero-order chi connectivity index (χ0) is 26.2. The van der Waals surface area contributed by atoms with Gasteiger partial charge in [-0.3, -0.25) is 0 Å². The number of anilines is 1. The van der Waals surface area contributed by atoms with Gasteiger partial charge < -0.3 is 20.6 Å². The lowest BCUT2D eigenvalue weighted by atomic mass is 10.0. The number of hydrogen-bond donors (Lipinski definition) is 4. The maximum Gasteiger partial charge on any atom is 0.191 e. The number of aromatic nitrogens is 5. The molecule has 198 valence electrons. The van der Waals surface area contributed by atoms with Gasteiger partial charge in [0.05, 0.1) is 12.1 Å². The Morgan fingerprint density at radius 2 is 1.82 bits per heavy atom. The highest BCUT2D eigenvalue weighted by atomic mass is 32.2. The Labute approximate surface area is 225 Å². The summed E-state index contributed by atoms with van der Waals surface area (Å²) in [5.41, 5.74) is 4.77. The lowest BCUT2D eigenvalue weighted by Crippen LogP contribution is -2.30. The van der Waals surface area contributed by atoms with Crippen LogP contribution in [0, 0.1) is 5.92 Å². The van der Waals surface area contributed by atoms with Gasteiger partial charge in [0.15, 0.2) is 22.1 Å². The summed E-state index contributed by atoms with van der Waals surface area (Å²) in [4.78, 5) is 9.52. The molecule has 0 saturated heterocycles.